The molecule has 0 saturated heterocycles. The van der Waals surface area contributed by atoms with E-state index in [2.05, 4.69) is 58.3 Å². The van der Waals surface area contributed by atoms with Crippen molar-refractivity contribution in [2.75, 3.05) is 19.8 Å². The summed E-state index contributed by atoms with van der Waals surface area (Å²) in [4.78, 5) is 12.8. The molecule has 6 nitrogen and oxygen atoms in total. The van der Waals surface area contributed by atoms with Gasteiger partial charge in [0, 0.05) is 25.1 Å². The molecule has 1 rings (SSSR count). The molecule has 1 unspecified atom stereocenters. The van der Waals surface area contributed by atoms with E-state index >= 15 is 0 Å². The summed E-state index contributed by atoms with van der Waals surface area (Å²) in [7, 11) is -1.34. The van der Waals surface area contributed by atoms with Crippen molar-refractivity contribution in [3.63, 3.8) is 0 Å². The van der Waals surface area contributed by atoms with E-state index in [0.717, 1.165) is 24.8 Å². The van der Waals surface area contributed by atoms with Gasteiger partial charge in [-0.05, 0) is 46.1 Å². The average Bonchev–Trinajstić information content (AvgIpc) is 3.17. The number of nitrogens with zero attached hydrogens (tertiary/aromatic N) is 1. The van der Waals surface area contributed by atoms with Crippen LogP contribution in [0.4, 0.5) is 0 Å². The van der Waals surface area contributed by atoms with Gasteiger partial charge in [0.1, 0.15) is 12.7 Å². The van der Waals surface area contributed by atoms with Crippen LogP contribution in [0.5, 0.6) is 0 Å². The number of carbonyl (C=O) groups is 1. The predicted molar refractivity (Wildman–Crippen MR) is 238 cm³/mol. The molecule has 7 heteroatoms. The lowest BCUT2D eigenvalue weighted by molar-refractivity contribution is -0.149. The van der Waals surface area contributed by atoms with Gasteiger partial charge in [0.05, 0.1) is 13.2 Å². The summed E-state index contributed by atoms with van der Waals surface area (Å²) in [5.41, 5.74) is 1.12. The van der Waals surface area contributed by atoms with Crippen molar-refractivity contribution in [1.29, 1.82) is 0 Å². The van der Waals surface area contributed by atoms with Crippen molar-refractivity contribution in [3.05, 3.63) is 35.9 Å². The number of rotatable bonds is 41. The van der Waals surface area contributed by atoms with Gasteiger partial charge in [-0.25, -0.2) is 4.67 Å². The zero-order valence-electron chi connectivity index (χ0n) is 37.2. The molecule has 322 valence electrons. The zero-order valence-corrected chi connectivity index (χ0v) is 38.1. The van der Waals surface area contributed by atoms with E-state index in [4.69, 9.17) is 18.5 Å². The second kappa shape index (κ2) is 38.5. The van der Waals surface area contributed by atoms with E-state index in [9.17, 15) is 4.79 Å². The van der Waals surface area contributed by atoms with Gasteiger partial charge in [-0.3, -0.25) is 4.79 Å². The molecule has 1 aromatic rings. The van der Waals surface area contributed by atoms with Crippen molar-refractivity contribution in [2.24, 2.45) is 0 Å². The van der Waals surface area contributed by atoms with Gasteiger partial charge in [-0.15, -0.1) is 0 Å². The number of unbranched alkanes of at least 4 members (excludes halogenated alkanes) is 25. The van der Waals surface area contributed by atoms with E-state index in [1.54, 1.807) is 0 Å². The highest BCUT2D eigenvalue weighted by Crippen LogP contribution is 2.46. The first kappa shape index (κ1) is 52.0. The van der Waals surface area contributed by atoms with Gasteiger partial charge in [0.2, 0.25) is 0 Å². The number of esters is 1. The summed E-state index contributed by atoms with van der Waals surface area (Å²) >= 11 is 0. The lowest BCUT2D eigenvalue weighted by Gasteiger charge is -2.36. The van der Waals surface area contributed by atoms with E-state index in [-0.39, 0.29) is 30.8 Å². The second-order valence-electron chi connectivity index (χ2n) is 16.6. The first-order chi connectivity index (χ1) is 26.9. The molecule has 0 radical (unpaired) electrons. The van der Waals surface area contributed by atoms with Crippen LogP contribution in [-0.2, 0) is 29.9 Å². The third-order valence-corrected chi connectivity index (χ3v) is 12.6. The predicted octanol–water partition coefficient (Wildman–Crippen LogP) is 15.5. The van der Waals surface area contributed by atoms with Crippen LogP contribution in [0.25, 0.3) is 0 Å². The summed E-state index contributed by atoms with van der Waals surface area (Å²) in [6.45, 7) is 15.0. The highest BCUT2D eigenvalue weighted by atomic mass is 31.2. The molecule has 0 N–H and O–H groups in total. The minimum atomic E-state index is -1.34. The Labute approximate surface area is 343 Å². The van der Waals surface area contributed by atoms with Crippen molar-refractivity contribution in [1.82, 2.24) is 4.67 Å². The molecular weight excluding hydrogens is 702 g/mol. The molecule has 0 spiro atoms. The maximum Gasteiger partial charge on any atom is 0.305 e. The molecular formula is C48H90NO5P. The highest BCUT2D eigenvalue weighted by Gasteiger charge is 2.29. The van der Waals surface area contributed by atoms with Crippen LogP contribution in [0, 0.1) is 0 Å². The molecule has 55 heavy (non-hydrogen) atoms. The third-order valence-electron chi connectivity index (χ3n) is 10.6. The third kappa shape index (κ3) is 31.6. The van der Waals surface area contributed by atoms with Crippen LogP contribution in [0.3, 0.4) is 0 Å². The Balaban J connectivity index is 2.48. The molecule has 0 fully saturated rings. The standard InChI is InChI=1S/C48H90NO5P/c1-7-9-11-13-15-17-19-21-23-25-27-29-31-36-40-51-47(42-52-48(50)39-35-30-28-26-24-22-20-18-16-14-12-10-8-2)43-54-55(49(44(3)4)45(5)6)53-41-46-37-33-32-34-38-46/h32-34,37-38,44-45,47H,7-31,35-36,39-43H2,1-6H3/t47-,55?/m1/s1. The Hall–Kier alpha value is -1.04. The van der Waals surface area contributed by atoms with Crippen LogP contribution in [0.15, 0.2) is 30.3 Å². The van der Waals surface area contributed by atoms with Gasteiger partial charge in [0.25, 0.3) is 8.53 Å². The van der Waals surface area contributed by atoms with Crippen molar-refractivity contribution in [2.45, 2.75) is 246 Å². The fourth-order valence-electron chi connectivity index (χ4n) is 7.23. The largest absolute Gasteiger partial charge is 0.463 e. The van der Waals surface area contributed by atoms with Crippen molar-refractivity contribution in [3.8, 4) is 0 Å². The number of benzene rings is 1. The van der Waals surface area contributed by atoms with Gasteiger partial charge in [0.15, 0.2) is 0 Å². The average molecular weight is 792 g/mol. The van der Waals surface area contributed by atoms with E-state index in [1.807, 2.05) is 18.2 Å². The molecule has 0 aliphatic heterocycles. The summed E-state index contributed by atoms with van der Waals surface area (Å²) < 4.78 is 27.5. The zero-order chi connectivity index (χ0) is 40.0. The molecule has 0 bridgehead atoms. The van der Waals surface area contributed by atoms with Gasteiger partial charge in [-0.2, -0.15) is 0 Å². The molecule has 0 aliphatic carbocycles. The lowest BCUT2D eigenvalue weighted by atomic mass is 10.0. The van der Waals surface area contributed by atoms with Crippen molar-refractivity contribution < 1.29 is 23.3 Å². The quantitative estimate of drug-likeness (QED) is 0.0374. The van der Waals surface area contributed by atoms with Crippen molar-refractivity contribution >= 4 is 14.5 Å². The monoisotopic (exact) mass is 792 g/mol. The van der Waals surface area contributed by atoms with E-state index < -0.39 is 8.53 Å². The van der Waals surface area contributed by atoms with Crippen LogP contribution in [0.2, 0.25) is 0 Å². The van der Waals surface area contributed by atoms with Gasteiger partial charge < -0.3 is 18.5 Å². The number of carbonyl (C=O) groups excluding carboxylic acids is 1. The maximum atomic E-state index is 12.8. The van der Waals surface area contributed by atoms with Crippen LogP contribution < -0.4 is 0 Å². The summed E-state index contributed by atoms with van der Waals surface area (Å²) in [6, 6.07) is 10.8. The fourth-order valence-corrected chi connectivity index (χ4v) is 8.88. The highest BCUT2D eigenvalue weighted by molar-refractivity contribution is 7.44. The van der Waals surface area contributed by atoms with Crippen LogP contribution in [-0.4, -0.2) is 48.6 Å². The molecule has 0 aromatic heterocycles. The number of hydrogen-bond acceptors (Lipinski definition) is 6. The Morgan fingerprint density at radius 1 is 0.545 bits per heavy atom. The summed E-state index contributed by atoms with van der Waals surface area (Å²) in [5.74, 6) is -0.123. The minimum Gasteiger partial charge on any atom is -0.463 e. The molecule has 0 amide bonds. The number of hydrogen-bond donors (Lipinski definition) is 0. The topological polar surface area (TPSA) is 57.2 Å². The molecule has 0 heterocycles. The number of ether oxygens (including phenoxy) is 2. The second-order valence-corrected chi connectivity index (χ2v) is 18.1. The Bertz CT molecular complexity index is 940. The Kier molecular flexibility index (Phi) is 36.4. The van der Waals surface area contributed by atoms with Crippen LogP contribution >= 0.6 is 8.53 Å². The Morgan fingerprint density at radius 2 is 0.964 bits per heavy atom. The van der Waals surface area contributed by atoms with Gasteiger partial charge >= 0.3 is 5.97 Å². The van der Waals surface area contributed by atoms with Crippen LogP contribution in [0.1, 0.15) is 227 Å². The minimum absolute atomic E-state index is 0.123. The fraction of sp³-hybridized carbons (Fsp3) is 0.854. The molecule has 0 aliphatic rings. The van der Waals surface area contributed by atoms with E-state index in [0.29, 0.717) is 26.2 Å². The summed E-state index contributed by atoms with van der Waals surface area (Å²) in [6.07, 6.45) is 35.6. The molecule has 2 atom stereocenters. The van der Waals surface area contributed by atoms with Gasteiger partial charge in [-0.1, -0.05) is 205 Å². The smallest absolute Gasteiger partial charge is 0.305 e. The maximum absolute atomic E-state index is 12.8. The van der Waals surface area contributed by atoms with E-state index in [1.165, 1.54) is 154 Å². The Morgan fingerprint density at radius 3 is 1.40 bits per heavy atom. The first-order valence-corrected chi connectivity index (χ1v) is 24.7. The summed E-state index contributed by atoms with van der Waals surface area (Å²) in [5, 5.41) is 0. The molecule has 1 aromatic carbocycles. The first-order valence-electron chi connectivity index (χ1n) is 23.5. The lowest BCUT2D eigenvalue weighted by Crippen LogP contribution is -2.35. The normalized spacial score (nSPS) is 13.0. The SMILES string of the molecule is CCCCCCCCCCCCCCCCO[C@H](COC(=O)CCCCCCCCCCCCCCC)COP(OCc1ccccc1)N(C(C)C)C(C)C. The molecule has 0 saturated carbocycles.